The molecule has 0 radical (unpaired) electrons. The van der Waals surface area contributed by atoms with Crippen molar-refractivity contribution in [2.24, 2.45) is 5.92 Å². The molecular formula is C23H28N2O5S. The molecule has 0 spiro atoms. The van der Waals surface area contributed by atoms with Crippen LogP contribution in [0.15, 0.2) is 34.9 Å². The van der Waals surface area contributed by atoms with E-state index in [9.17, 15) is 19.2 Å². The van der Waals surface area contributed by atoms with Crippen LogP contribution in [-0.4, -0.2) is 41.4 Å². The monoisotopic (exact) mass is 444 g/mol. The van der Waals surface area contributed by atoms with Crippen molar-refractivity contribution in [3.8, 4) is 0 Å². The van der Waals surface area contributed by atoms with Crippen LogP contribution >= 0.6 is 11.3 Å². The van der Waals surface area contributed by atoms with Gasteiger partial charge in [0.1, 0.15) is 11.5 Å². The van der Waals surface area contributed by atoms with Crippen molar-refractivity contribution in [3.05, 3.63) is 46.0 Å². The third kappa shape index (κ3) is 6.89. The van der Waals surface area contributed by atoms with Crippen LogP contribution in [0.2, 0.25) is 0 Å². The molecule has 7 nitrogen and oxygen atoms in total. The Hall–Kier alpha value is -2.74. The van der Waals surface area contributed by atoms with E-state index >= 15 is 0 Å². The highest BCUT2D eigenvalue weighted by Crippen LogP contribution is 2.20. The summed E-state index contributed by atoms with van der Waals surface area (Å²) in [6.07, 6.45) is 3.45. The zero-order chi connectivity index (χ0) is 22.2. The van der Waals surface area contributed by atoms with Crippen LogP contribution < -0.4 is 5.32 Å². The number of Topliss-reactive ketones (excluding diaryl/α,β-unsaturated/α-hetero) is 2. The SMILES string of the molecule is Cc1ccc(C(=O)CCC(=O)CCC(=O)N2CCC(C(=O)NCc3ccco3)CC2)s1. The maximum absolute atomic E-state index is 12.4. The zero-order valence-corrected chi connectivity index (χ0v) is 18.5. The maximum atomic E-state index is 12.4. The number of ketones is 2. The molecule has 0 aliphatic carbocycles. The minimum atomic E-state index is -0.118. The van der Waals surface area contributed by atoms with Gasteiger partial charge in [-0.3, -0.25) is 19.2 Å². The van der Waals surface area contributed by atoms with Gasteiger partial charge >= 0.3 is 0 Å². The standard InChI is InChI=1S/C23H28N2O5S/c1-16-4-8-21(31-16)20(27)7-5-18(26)6-9-22(28)25-12-10-17(11-13-25)23(29)24-15-19-3-2-14-30-19/h2-4,8,14,17H,5-7,9-13,15H2,1H3,(H,24,29). The van der Waals surface area contributed by atoms with E-state index in [4.69, 9.17) is 4.42 Å². The molecule has 3 heterocycles. The van der Waals surface area contributed by atoms with E-state index in [0.717, 1.165) is 4.88 Å². The Morgan fingerprint density at radius 2 is 1.81 bits per heavy atom. The number of carbonyl (C=O) groups is 4. The van der Waals surface area contributed by atoms with Crippen LogP contribution in [0.5, 0.6) is 0 Å². The lowest BCUT2D eigenvalue weighted by molar-refractivity contribution is -0.136. The lowest BCUT2D eigenvalue weighted by atomic mass is 9.95. The Kier molecular flexibility index (Phi) is 8.17. The maximum Gasteiger partial charge on any atom is 0.223 e. The first-order valence-electron chi connectivity index (χ1n) is 10.6. The van der Waals surface area contributed by atoms with Gasteiger partial charge in [0, 0.05) is 49.6 Å². The number of piperidine rings is 1. The number of carbonyl (C=O) groups excluding carboxylic acids is 4. The summed E-state index contributed by atoms with van der Waals surface area (Å²) in [5, 5.41) is 2.87. The fourth-order valence-electron chi connectivity index (χ4n) is 3.61. The number of furan rings is 1. The molecule has 2 aromatic heterocycles. The summed E-state index contributed by atoms with van der Waals surface area (Å²) >= 11 is 1.43. The van der Waals surface area contributed by atoms with Gasteiger partial charge in [0.25, 0.3) is 0 Å². The Labute approximate surface area is 185 Å². The van der Waals surface area contributed by atoms with Gasteiger partial charge in [-0.25, -0.2) is 0 Å². The number of nitrogens with one attached hydrogen (secondary N) is 1. The van der Waals surface area contributed by atoms with Gasteiger partial charge in [-0.1, -0.05) is 0 Å². The van der Waals surface area contributed by atoms with E-state index in [-0.39, 0.29) is 55.0 Å². The van der Waals surface area contributed by atoms with Crippen molar-refractivity contribution < 1.29 is 23.6 Å². The minimum Gasteiger partial charge on any atom is -0.467 e. The summed E-state index contributed by atoms with van der Waals surface area (Å²) < 4.78 is 5.21. The summed E-state index contributed by atoms with van der Waals surface area (Å²) in [4.78, 5) is 52.4. The number of rotatable bonds is 10. The van der Waals surface area contributed by atoms with E-state index in [0.29, 0.717) is 43.1 Å². The van der Waals surface area contributed by atoms with E-state index in [2.05, 4.69) is 5.32 Å². The van der Waals surface area contributed by atoms with Crippen molar-refractivity contribution in [3.63, 3.8) is 0 Å². The van der Waals surface area contributed by atoms with Gasteiger partial charge in [0.15, 0.2) is 5.78 Å². The second-order valence-corrected chi connectivity index (χ2v) is 9.11. The average Bonchev–Trinajstić information content (AvgIpc) is 3.46. The Balaban J connectivity index is 1.31. The molecule has 166 valence electrons. The van der Waals surface area contributed by atoms with Crippen LogP contribution in [0, 0.1) is 12.8 Å². The molecule has 0 unspecified atom stereocenters. The summed E-state index contributed by atoms with van der Waals surface area (Å²) in [5.74, 6) is 0.407. The van der Waals surface area contributed by atoms with Crippen molar-refractivity contribution in [1.82, 2.24) is 10.2 Å². The number of likely N-dealkylation sites (tertiary alicyclic amines) is 1. The molecule has 3 rings (SSSR count). The highest BCUT2D eigenvalue weighted by Gasteiger charge is 2.27. The Bertz CT molecular complexity index is 910. The molecule has 1 fully saturated rings. The summed E-state index contributed by atoms with van der Waals surface area (Å²) in [5.41, 5.74) is 0. The molecule has 8 heteroatoms. The van der Waals surface area contributed by atoms with Gasteiger partial charge in [-0.15, -0.1) is 11.3 Å². The van der Waals surface area contributed by atoms with Crippen molar-refractivity contribution >= 4 is 34.7 Å². The van der Waals surface area contributed by atoms with Crippen LogP contribution in [0.4, 0.5) is 0 Å². The second kappa shape index (κ2) is 11.0. The quantitative estimate of drug-likeness (QED) is 0.566. The Morgan fingerprint density at radius 1 is 1.06 bits per heavy atom. The molecule has 1 saturated heterocycles. The van der Waals surface area contributed by atoms with E-state index < -0.39 is 0 Å². The molecule has 0 aromatic carbocycles. The normalized spacial score (nSPS) is 14.4. The predicted octanol–water partition coefficient (Wildman–Crippen LogP) is 3.52. The Morgan fingerprint density at radius 3 is 2.45 bits per heavy atom. The van der Waals surface area contributed by atoms with E-state index in [1.54, 1.807) is 23.3 Å². The van der Waals surface area contributed by atoms with Gasteiger partial charge in [-0.05, 0) is 44.0 Å². The molecule has 2 amide bonds. The summed E-state index contributed by atoms with van der Waals surface area (Å²) in [7, 11) is 0. The third-order valence-corrected chi connectivity index (χ3v) is 6.54. The second-order valence-electron chi connectivity index (χ2n) is 7.82. The first-order chi connectivity index (χ1) is 14.9. The van der Waals surface area contributed by atoms with Crippen LogP contribution in [0.3, 0.4) is 0 Å². The lowest BCUT2D eigenvalue weighted by Crippen LogP contribution is -2.43. The largest absolute Gasteiger partial charge is 0.467 e. The zero-order valence-electron chi connectivity index (χ0n) is 17.7. The number of hydrogen-bond donors (Lipinski definition) is 1. The van der Waals surface area contributed by atoms with Gasteiger partial charge in [0.05, 0.1) is 17.7 Å². The molecule has 2 aromatic rings. The predicted molar refractivity (Wildman–Crippen MR) is 117 cm³/mol. The van der Waals surface area contributed by atoms with Gasteiger partial charge in [-0.2, -0.15) is 0 Å². The molecule has 1 aliphatic rings. The fourth-order valence-corrected chi connectivity index (χ4v) is 4.45. The van der Waals surface area contributed by atoms with E-state index in [1.165, 1.54) is 11.3 Å². The molecule has 0 saturated carbocycles. The minimum absolute atomic E-state index is 0.0230. The van der Waals surface area contributed by atoms with Gasteiger partial charge in [0.2, 0.25) is 11.8 Å². The molecule has 0 atom stereocenters. The van der Waals surface area contributed by atoms with Crippen LogP contribution in [0.1, 0.15) is 58.8 Å². The van der Waals surface area contributed by atoms with Crippen LogP contribution in [0.25, 0.3) is 0 Å². The molecular weight excluding hydrogens is 416 g/mol. The van der Waals surface area contributed by atoms with Crippen LogP contribution in [-0.2, 0) is 20.9 Å². The highest BCUT2D eigenvalue weighted by atomic mass is 32.1. The van der Waals surface area contributed by atoms with Crippen molar-refractivity contribution in [2.75, 3.05) is 13.1 Å². The number of hydrogen-bond acceptors (Lipinski definition) is 6. The molecule has 1 aliphatic heterocycles. The highest BCUT2D eigenvalue weighted by molar-refractivity contribution is 7.14. The molecule has 1 N–H and O–H groups in total. The number of thiophene rings is 1. The van der Waals surface area contributed by atoms with Gasteiger partial charge < -0.3 is 14.6 Å². The van der Waals surface area contributed by atoms with Crippen molar-refractivity contribution in [1.29, 1.82) is 0 Å². The first-order valence-corrected chi connectivity index (χ1v) is 11.4. The molecule has 0 bridgehead atoms. The number of nitrogens with zero attached hydrogens (tertiary/aromatic N) is 1. The summed E-state index contributed by atoms with van der Waals surface area (Å²) in [6, 6.07) is 7.27. The lowest BCUT2D eigenvalue weighted by Gasteiger charge is -2.31. The molecule has 31 heavy (non-hydrogen) atoms. The van der Waals surface area contributed by atoms with Crippen molar-refractivity contribution in [2.45, 2.75) is 52.0 Å². The topological polar surface area (TPSA) is 96.7 Å². The third-order valence-electron chi connectivity index (χ3n) is 5.50. The number of aryl methyl sites for hydroxylation is 1. The average molecular weight is 445 g/mol. The summed E-state index contributed by atoms with van der Waals surface area (Å²) in [6.45, 7) is 3.33. The fraction of sp³-hybridized carbons (Fsp3) is 0.478. The first kappa shape index (κ1) is 22.9. The van der Waals surface area contributed by atoms with E-state index in [1.807, 2.05) is 19.1 Å². The number of amides is 2. The smallest absolute Gasteiger partial charge is 0.223 e.